The van der Waals surface area contributed by atoms with E-state index in [1.807, 2.05) is 0 Å². The van der Waals surface area contributed by atoms with Crippen LogP contribution in [0.25, 0.3) is 77.1 Å². The fourth-order valence-electron chi connectivity index (χ4n) is 7.35. The fraction of sp³-hybridized carbons (Fsp3) is 0.0682. The molecule has 0 N–H and O–H groups in total. The summed E-state index contributed by atoms with van der Waals surface area (Å²) >= 11 is 0. The topological polar surface area (TPSA) is 12.9 Å². The summed E-state index contributed by atoms with van der Waals surface area (Å²) < 4.78 is 0. The van der Waals surface area contributed by atoms with Crippen LogP contribution in [0.5, 0.6) is 0 Å². The van der Waals surface area contributed by atoms with Gasteiger partial charge in [0.15, 0.2) is 0 Å². The van der Waals surface area contributed by atoms with Gasteiger partial charge in [0.2, 0.25) is 0 Å². The van der Waals surface area contributed by atoms with Crippen LogP contribution in [0.2, 0.25) is 0 Å². The Morgan fingerprint density at radius 1 is 0.400 bits per heavy atom. The van der Waals surface area contributed by atoms with Gasteiger partial charge in [0, 0.05) is 16.4 Å². The number of para-hydroxylation sites is 1. The van der Waals surface area contributed by atoms with Gasteiger partial charge in [-0.05, 0) is 102 Å². The lowest BCUT2D eigenvalue weighted by molar-refractivity contribution is 0.661. The highest BCUT2D eigenvalue weighted by atomic mass is 14.7. The van der Waals surface area contributed by atoms with Crippen molar-refractivity contribution in [2.24, 2.45) is 0 Å². The molecule has 0 amide bonds. The Balaban J connectivity index is 1.15. The maximum atomic E-state index is 5.14. The van der Waals surface area contributed by atoms with Crippen LogP contribution in [-0.4, -0.2) is 4.98 Å². The average Bonchev–Trinajstić information content (AvgIpc) is 3.31. The molecule has 9 rings (SSSR count). The molecule has 45 heavy (non-hydrogen) atoms. The number of hydrogen-bond donors (Lipinski definition) is 0. The molecule has 0 unspecified atom stereocenters. The van der Waals surface area contributed by atoms with E-state index in [1.165, 1.54) is 71.4 Å². The van der Waals surface area contributed by atoms with Crippen LogP contribution >= 0.6 is 0 Å². The maximum absolute atomic E-state index is 5.14. The Morgan fingerprint density at radius 3 is 1.80 bits per heavy atom. The Morgan fingerprint density at radius 2 is 1.00 bits per heavy atom. The molecule has 0 aliphatic heterocycles. The number of hydrogen-bond acceptors (Lipinski definition) is 1. The third-order valence-electron chi connectivity index (χ3n) is 9.83. The van der Waals surface area contributed by atoms with Crippen LogP contribution in [-0.2, 0) is 5.41 Å². The number of fused-ring (bicyclic) bond motifs is 6. The summed E-state index contributed by atoms with van der Waals surface area (Å²) in [6.07, 6.45) is 0. The third kappa shape index (κ3) is 4.12. The van der Waals surface area contributed by atoms with Gasteiger partial charge < -0.3 is 0 Å². The molecule has 1 nitrogen and oxygen atoms in total. The van der Waals surface area contributed by atoms with Gasteiger partial charge >= 0.3 is 0 Å². The number of rotatable bonds is 3. The third-order valence-corrected chi connectivity index (χ3v) is 9.83. The molecule has 0 atom stereocenters. The molecule has 0 fully saturated rings. The van der Waals surface area contributed by atoms with E-state index in [0.717, 1.165) is 16.8 Å². The van der Waals surface area contributed by atoms with E-state index in [9.17, 15) is 0 Å². The summed E-state index contributed by atoms with van der Waals surface area (Å²) in [5.74, 6) is 0. The molecular formula is C44H31N. The van der Waals surface area contributed by atoms with E-state index < -0.39 is 0 Å². The van der Waals surface area contributed by atoms with Gasteiger partial charge in [0.05, 0.1) is 11.2 Å². The van der Waals surface area contributed by atoms with Crippen molar-refractivity contribution in [2.45, 2.75) is 19.3 Å². The number of benzene rings is 7. The molecule has 0 saturated heterocycles. The normalized spacial score (nSPS) is 13.3. The van der Waals surface area contributed by atoms with Crippen molar-refractivity contribution in [3.63, 3.8) is 0 Å². The molecule has 7 aromatic carbocycles. The van der Waals surface area contributed by atoms with Crippen LogP contribution < -0.4 is 0 Å². The second-order valence-corrected chi connectivity index (χ2v) is 12.8. The number of nitrogens with zero attached hydrogens (tertiary/aromatic N) is 1. The van der Waals surface area contributed by atoms with Gasteiger partial charge in [0.1, 0.15) is 0 Å². The van der Waals surface area contributed by atoms with Crippen LogP contribution in [0.3, 0.4) is 0 Å². The van der Waals surface area contributed by atoms with Crippen LogP contribution in [0.4, 0.5) is 0 Å². The standard InChI is InChI=1S/C44H31N/c1-44(2)40-26-35(21-22-36(40)39-24-32-11-5-6-12-33(32)25-41(39)44)38-27-43(45-42-14-8-7-13-37(38)42)30-18-15-29(16-19-30)34-20-17-28-9-3-4-10-31(28)23-34/h3-27H,1-2H3. The average molecular weight is 574 g/mol. The Labute approximate surface area is 263 Å². The molecule has 1 heteroatoms. The first-order chi connectivity index (χ1) is 22.0. The second kappa shape index (κ2) is 9.74. The Bertz CT molecular complexity index is 2450. The predicted octanol–water partition coefficient (Wildman–Crippen LogP) is 11.8. The van der Waals surface area contributed by atoms with Crippen molar-refractivity contribution in [1.82, 2.24) is 4.98 Å². The summed E-state index contributed by atoms with van der Waals surface area (Å²) in [5, 5.41) is 6.29. The Kier molecular flexibility index (Phi) is 5.61. The molecule has 8 aromatic rings. The fourth-order valence-corrected chi connectivity index (χ4v) is 7.35. The minimum absolute atomic E-state index is 0.0883. The highest BCUT2D eigenvalue weighted by Crippen LogP contribution is 2.51. The molecular weight excluding hydrogens is 542 g/mol. The lowest BCUT2D eigenvalue weighted by Crippen LogP contribution is -2.15. The SMILES string of the molecule is CC1(C)c2cc(-c3cc(-c4ccc(-c5ccc6ccccc6c5)cc4)nc4ccccc34)ccc2-c2cc3ccccc3cc21. The quantitative estimate of drug-likeness (QED) is 0.205. The van der Waals surface area contributed by atoms with Crippen molar-refractivity contribution in [1.29, 1.82) is 0 Å². The van der Waals surface area contributed by atoms with Crippen LogP contribution in [0.15, 0.2) is 152 Å². The molecule has 1 aromatic heterocycles. The van der Waals surface area contributed by atoms with Crippen molar-refractivity contribution in [3.8, 4) is 44.6 Å². The van der Waals surface area contributed by atoms with Gasteiger partial charge in [-0.1, -0.05) is 129 Å². The van der Waals surface area contributed by atoms with Crippen LogP contribution in [0, 0.1) is 0 Å². The van der Waals surface area contributed by atoms with Gasteiger partial charge in [-0.2, -0.15) is 0 Å². The molecule has 0 radical (unpaired) electrons. The smallest absolute Gasteiger partial charge is 0.0715 e. The van der Waals surface area contributed by atoms with Gasteiger partial charge in [-0.3, -0.25) is 0 Å². The summed E-state index contributed by atoms with van der Waals surface area (Å²) in [6, 6.07) is 55.4. The lowest BCUT2D eigenvalue weighted by atomic mass is 9.81. The largest absolute Gasteiger partial charge is 0.248 e. The second-order valence-electron chi connectivity index (χ2n) is 12.8. The highest BCUT2D eigenvalue weighted by molar-refractivity contribution is 5.99. The van der Waals surface area contributed by atoms with E-state index in [-0.39, 0.29) is 5.41 Å². The highest BCUT2D eigenvalue weighted by Gasteiger charge is 2.36. The monoisotopic (exact) mass is 573 g/mol. The van der Waals surface area contributed by atoms with E-state index in [2.05, 4.69) is 166 Å². The molecule has 1 aliphatic rings. The van der Waals surface area contributed by atoms with E-state index in [4.69, 9.17) is 4.98 Å². The van der Waals surface area contributed by atoms with Gasteiger partial charge in [-0.25, -0.2) is 4.98 Å². The summed E-state index contributed by atoms with van der Waals surface area (Å²) in [4.78, 5) is 5.14. The molecule has 0 bridgehead atoms. The zero-order chi connectivity index (χ0) is 30.1. The predicted molar refractivity (Wildman–Crippen MR) is 191 cm³/mol. The summed E-state index contributed by atoms with van der Waals surface area (Å²) in [7, 11) is 0. The van der Waals surface area contributed by atoms with Crippen molar-refractivity contribution in [2.75, 3.05) is 0 Å². The minimum atomic E-state index is -0.0883. The molecule has 0 saturated carbocycles. The van der Waals surface area contributed by atoms with Crippen molar-refractivity contribution in [3.05, 3.63) is 163 Å². The zero-order valence-electron chi connectivity index (χ0n) is 25.4. The molecule has 0 spiro atoms. The van der Waals surface area contributed by atoms with Gasteiger partial charge in [-0.15, -0.1) is 0 Å². The first-order valence-corrected chi connectivity index (χ1v) is 15.7. The minimum Gasteiger partial charge on any atom is -0.248 e. The lowest BCUT2D eigenvalue weighted by Gasteiger charge is -2.22. The first-order valence-electron chi connectivity index (χ1n) is 15.7. The van der Waals surface area contributed by atoms with Gasteiger partial charge in [0.25, 0.3) is 0 Å². The van der Waals surface area contributed by atoms with Crippen LogP contribution in [0.1, 0.15) is 25.0 Å². The molecule has 1 heterocycles. The van der Waals surface area contributed by atoms with E-state index in [1.54, 1.807) is 0 Å². The summed E-state index contributed by atoms with van der Waals surface area (Å²) in [5.41, 5.74) is 13.4. The van der Waals surface area contributed by atoms with E-state index in [0.29, 0.717) is 0 Å². The van der Waals surface area contributed by atoms with E-state index >= 15 is 0 Å². The molecule has 212 valence electrons. The van der Waals surface area contributed by atoms with Crippen molar-refractivity contribution >= 4 is 32.4 Å². The number of aromatic nitrogens is 1. The van der Waals surface area contributed by atoms with Crippen molar-refractivity contribution < 1.29 is 0 Å². The maximum Gasteiger partial charge on any atom is 0.0715 e. The zero-order valence-corrected chi connectivity index (χ0v) is 25.4. The summed E-state index contributed by atoms with van der Waals surface area (Å²) in [6.45, 7) is 4.73. The Hall–Kier alpha value is -5.53. The first kappa shape index (κ1) is 25.9. The molecule has 1 aliphatic carbocycles. The number of pyridine rings is 1.